The van der Waals surface area contributed by atoms with E-state index >= 15 is 0 Å². The van der Waals surface area contributed by atoms with Gasteiger partial charge in [-0.3, -0.25) is 4.99 Å². The number of guanidine groups is 1. The van der Waals surface area contributed by atoms with E-state index in [9.17, 15) is 5.11 Å². The minimum absolute atomic E-state index is 0.270. The molecule has 1 saturated carbocycles. The zero-order valence-electron chi connectivity index (χ0n) is 19.4. The first-order valence-corrected chi connectivity index (χ1v) is 11.8. The largest absolute Gasteiger partial charge is 0.497 e. The van der Waals surface area contributed by atoms with Crippen molar-refractivity contribution in [1.29, 1.82) is 0 Å². The van der Waals surface area contributed by atoms with Gasteiger partial charge in [0, 0.05) is 37.8 Å². The van der Waals surface area contributed by atoms with Gasteiger partial charge < -0.3 is 30.1 Å². The lowest BCUT2D eigenvalue weighted by Crippen LogP contribution is -2.51. The highest BCUT2D eigenvalue weighted by molar-refractivity contribution is 5.80. The van der Waals surface area contributed by atoms with E-state index in [-0.39, 0.29) is 6.54 Å². The van der Waals surface area contributed by atoms with Gasteiger partial charge in [-0.2, -0.15) is 0 Å². The minimum Gasteiger partial charge on any atom is -0.497 e. The topological polar surface area (TPSA) is 78.4 Å². The number of ether oxygens (including phenoxy) is 2. The number of aliphatic hydroxyl groups is 1. The number of nitrogens with one attached hydrogen (secondary N) is 2. The summed E-state index contributed by atoms with van der Waals surface area (Å²) in [4.78, 5) is 7.35. The molecule has 2 aliphatic rings. The number of methoxy groups -OCH3 is 2. The summed E-state index contributed by atoms with van der Waals surface area (Å²) >= 11 is 0. The first-order valence-electron chi connectivity index (χ1n) is 11.8. The van der Waals surface area contributed by atoms with Gasteiger partial charge in [0.1, 0.15) is 11.5 Å². The lowest BCUT2D eigenvalue weighted by Gasteiger charge is -2.39. The third-order valence-corrected chi connectivity index (χ3v) is 6.49. The number of piperidine rings is 1. The number of likely N-dealkylation sites (tertiary alicyclic amines) is 1. The molecule has 0 spiro atoms. The van der Waals surface area contributed by atoms with Crippen molar-refractivity contribution < 1.29 is 14.6 Å². The predicted molar refractivity (Wildman–Crippen MR) is 125 cm³/mol. The van der Waals surface area contributed by atoms with Crippen LogP contribution < -0.4 is 20.1 Å². The molecule has 7 heteroatoms. The maximum Gasteiger partial charge on any atom is 0.191 e. The van der Waals surface area contributed by atoms with Crippen molar-refractivity contribution in [1.82, 2.24) is 15.5 Å². The van der Waals surface area contributed by atoms with Crippen molar-refractivity contribution in [3.8, 4) is 11.5 Å². The van der Waals surface area contributed by atoms with Crippen molar-refractivity contribution in [3.05, 3.63) is 23.8 Å². The molecule has 0 aromatic heterocycles. The number of aliphatic imine (C=N–C) groups is 1. The molecule has 1 aliphatic carbocycles. The van der Waals surface area contributed by atoms with Crippen LogP contribution in [0.2, 0.25) is 0 Å². The molecular formula is C24H40N4O3. The molecule has 1 atom stereocenters. The van der Waals surface area contributed by atoms with Crippen LogP contribution in [0.25, 0.3) is 0 Å². The average molecular weight is 433 g/mol. The third-order valence-electron chi connectivity index (χ3n) is 6.49. The molecule has 0 bridgehead atoms. The maximum atomic E-state index is 10.7. The molecule has 0 radical (unpaired) electrons. The molecule has 1 unspecified atom stereocenters. The van der Waals surface area contributed by atoms with Crippen molar-refractivity contribution in [2.75, 3.05) is 40.4 Å². The second-order valence-corrected chi connectivity index (χ2v) is 8.63. The summed E-state index contributed by atoms with van der Waals surface area (Å²) < 4.78 is 10.6. The van der Waals surface area contributed by atoms with Gasteiger partial charge in [-0.15, -0.1) is 0 Å². The molecule has 1 aromatic rings. The van der Waals surface area contributed by atoms with Crippen LogP contribution in [0.4, 0.5) is 0 Å². The van der Waals surface area contributed by atoms with Gasteiger partial charge >= 0.3 is 0 Å². The Labute approximate surface area is 187 Å². The van der Waals surface area contributed by atoms with Gasteiger partial charge in [0.2, 0.25) is 0 Å². The number of benzene rings is 1. The molecule has 31 heavy (non-hydrogen) atoms. The Morgan fingerprint density at radius 1 is 1.06 bits per heavy atom. The highest BCUT2D eigenvalue weighted by atomic mass is 16.5. The summed E-state index contributed by atoms with van der Waals surface area (Å²) in [6, 6.07) is 6.66. The highest BCUT2D eigenvalue weighted by Crippen LogP contribution is 2.27. The second kappa shape index (κ2) is 12.2. The number of aliphatic hydroxyl groups excluding tert-OH is 1. The highest BCUT2D eigenvalue weighted by Gasteiger charge is 2.26. The lowest BCUT2D eigenvalue weighted by molar-refractivity contribution is 0.119. The smallest absolute Gasteiger partial charge is 0.191 e. The molecule has 1 heterocycles. The summed E-state index contributed by atoms with van der Waals surface area (Å²) in [7, 11) is 3.21. The maximum absolute atomic E-state index is 10.7. The molecule has 7 nitrogen and oxygen atoms in total. The van der Waals surface area contributed by atoms with E-state index in [1.165, 1.54) is 32.1 Å². The fourth-order valence-electron chi connectivity index (χ4n) is 4.67. The van der Waals surface area contributed by atoms with Crippen LogP contribution >= 0.6 is 0 Å². The Bertz CT molecular complexity index is 676. The molecule has 174 valence electrons. The normalized spacial score (nSPS) is 20.3. The third kappa shape index (κ3) is 7.01. The predicted octanol–water partition coefficient (Wildman–Crippen LogP) is 3.09. The molecule has 0 amide bonds. The van der Waals surface area contributed by atoms with Crippen molar-refractivity contribution in [2.45, 2.75) is 70.1 Å². The molecule has 1 saturated heterocycles. The Morgan fingerprint density at radius 2 is 1.71 bits per heavy atom. The molecule has 1 aromatic carbocycles. The Kier molecular flexibility index (Phi) is 9.28. The van der Waals surface area contributed by atoms with Crippen molar-refractivity contribution >= 4 is 5.96 Å². The van der Waals surface area contributed by atoms with E-state index in [1.54, 1.807) is 20.3 Å². The first kappa shape index (κ1) is 23.7. The van der Waals surface area contributed by atoms with Crippen LogP contribution in [0.5, 0.6) is 11.5 Å². The summed E-state index contributed by atoms with van der Waals surface area (Å²) in [6.45, 7) is 5.44. The standard InChI is InChI=1S/C24H40N4O3/c1-4-25-24(26-17-23(29)18-14-21(30-2)16-22(15-18)31-3)27-19-10-12-28(13-11-19)20-8-6-5-7-9-20/h14-16,19-20,23,29H,4-13,17H2,1-3H3,(H2,25,26,27). The van der Waals surface area contributed by atoms with E-state index in [0.29, 0.717) is 17.5 Å². The Balaban J connectivity index is 1.54. The number of hydrogen-bond acceptors (Lipinski definition) is 5. The Hall–Kier alpha value is -1.99. The number of hydrogen-bond donors (Lipinski definition) is 3. The zero-order chi connectivity index (χ0) is 22.1. The van der Waals surface area contributed by atoms with Gasteiger partial charge in [-0.1, -0.05) is 19.3 Å². The van der Waals surface area contributed by atoms with E-state index in [4.69, 9.17) is 9.47 Å². The zero-order valence-corrected chi connectivity index (χ0v) is 19.4. The molecular weight excluding hydrogens is 392 g/mol. The fraction of sp³-hybridized carbons (Fsp3) is 0.708. The van der Waals surface area contributed by atoms with E-state index < -0.39 is 6.10 Å². The van der Waals surface area contributed by atoms with Gasteiger partial charge in [-0.05, 0) is 50.3 Å². The molecule has 3 N–H and O–H groups in total. The van der Waals surface area contributed by atoms with E-state index in [0.717, 1.165) is 50.0 Å². The van der Waals surface area contributed by atoms with Gasteiger partial charge in [0.25, 0.3) is 0 Å². The summed E-state index contributed by atoms with van der Waals surface area (Å²) in [5.74, 6) is 2.09. The van der Waals surface area contributed by atoms with Crippen molar-refractivity contribution in [3.63, 3.8) is 0 Å². The lowest BCUT2D eigenvalue weighted by atomic mass is 9.92. The van der Waals surface area contributed by atoms with Crippen molar-refractivity contribution in [2.24, 2.45) is 4.99 Å². The number of rotatable bonds is 8. The summed E-state index contributed by atoms with van der Waals surface area (Å²) in [5.41, 5.74) is 0.733. The monoisotopic (exact) mass is 432 g/mol. The quantitative estimate of drug-likeness (QED) is 0.433. The van der Waals surface area contributed by atoms with Crippen LogP contribution in [0.15, 0.2) is 23.2 Å². The molecule has 3 rings (SSSR count). The number of nitrogens with zero attached hydrogens (tertiary/aromatic N) is 2. The van der Waals surface area contributed by atoms with Gasteiger partial charge in [-0.25, -0.2) is 0 Å². The van der Waals surface area contributed by atoms with Gasteiger partial charge in [0.15, 0.2) is 5.96 Å². The van der Waals surface area contributed by atoms with Crippen LogP contribution in [-0.4, -0.2) is 68.4 Å². The summed E-state index contributed by atoms with van der Waals surface area (Å²) in [5, 5.41) is 17.6. The Morgan fingerprint density at radius 3 is 2.29 bits per heavy atom. The SMILES string of the molecule is CCNC(=NCC(O)c1cc(OC)cc(OC)c1)NC1CCN(C2CCCCC2)CC1. The van der Waals surface area contributed by atoms with Crippen LogP contribution in [0.3, 0.4) is 0 Å². The molecule has 2 fully saturated rings. The fourth-order valence-corrected chi connectivity index (χ4v) is 4.67. The van der Waals surface area contributed by atoms with Crippen LogP contribution in [-0.2, 0) is 0 Å². The van der Waals surface area contributed by atoms with E-state index in [2.05, 4.69) is 27.4 Å². The summed E-state index contributed by atoms with van der Waals surface area (Å²) in [6.07, 6.45) is 8.47. The van der Waals surface area contributed by atoms with Crippen LogP contribution in [0, 0.1) is 0 Å². The van der Waals surface area contributed by atoms with E-state index in [1.807, 2.05) is 12.1 Å². The molecule has 1 aliphatic heterocycles. The second-order valence-electron chi connectivity index (χ2n) is 8.63. The van der Waals surface area contributed by atoms with Gasteiger partial charge in [0.05, 0.1) is 26.9 Å². The van der Waals surface area contributed by atoms with Crippen LogP contribution in [0.1, 0.15) is 63.5 Å². The average Bonchev–Trinajstić information content (AvgIpc) is 2.83. The minimum atomic E-state index is -0.729. The first-order chi connectivity index (χ1) is 15.1.